The predicted octanol–water partition coefficient (Wildman–Crippen LogP) is 1.54. The quantitative estimate of drug-likeness (QED) is 0.813. The minimum Gasteiger partial charge on any atom is -0.375 e. The standard InChI is InChI=1S/C14H26N2O2/c1-11(2)16-7-5-14(6-8-16)10-13(4-9-18-14)15-12(3)17/h11,13H,4-10H2,1-3H3,(H,15,17). The van der Waals surface area contributed by atoms with Crippen molar-refractivity contribution in [1.82, 2.24) is 10.2 Å². The molecule has 1 unspecified atom stereocenters. The monoisotopic (exact) mass is 254 g/mol. The van der Waals surface area contributed by atoms with Crippen molar-refractivity contribution in [2.75, 3.05) is 19.7 Å². The Morgan fingerprint density at radius 2 is 2.06 bits per heavy atom. The van der Waals surface area contributed by atoms with E-state index in [0.29, 0.717) is 12.1 Å². The highest BCUT2D eigenvalue weighted by molar-refractivity contribution is 5.73. The van der Waals surface area contributed by atoms with Gasteiger partial charge in [0.05, 0.1) is 5.60 Å². The Balaban J connectivity index is 1.90. The molecule has 2 heterocycles. The van der Waals surface area contributed by atoms with E-state index in [4.69, 9.17) is 4.74 Å². The summed E-state index contributed by atoms with van der Waals surface area (Å²) in [6.45, 7) is 9.12. The number of hydrogen-bond donors (Lipinski definition) is 1. The number of piperidine rings is 1. The van der Waals surface area contributed by atoms with E-state index in [9.17, 15) is 4.79 Å². The van der Waals surface area contributed by atoms with E-state index < -0.39 is 0 Å². The molecule has 0 aliphatic carbocycles. The molecular formula is C14H26N2O2. The number of nitrogens with one attached hydrogen (secondary N) is 1. The first-order valence-electron chi connectivity index (χ1n) is 7.16. The lowest BCUT2D eigenvalue weighted by atomic mass is 9.82. The van der Waals surface area contributed by atoms with Crippen LogP contribution in [-0.2, 0) is 9.53 Å². The number of hydrogen-bond acceptors (Lipinski definition) is 3. The highest BCUT2D eigenvalue weighted by Crippen LogP contribution is 2.35. The summed E-state index contributed by atoms with van der Waals surface area (Å²) in [5.74, 6) is 0.0802. The molecule has 1 N–H and O–H groups in total. The number of nitrogens with zero attached hydrogens (tertiary/aromatic N) is 1. The largest absolute Gasteiger partial charge is 0.375 e. The van der Waals surface area contributed by atoms with Gasteiger partial charge in [-0.2, -0.15) is 0 Å². The summed E-state index contributed by atoms with van der Waals surface area (Å²) in [5, 5.41) is 3.05. The molecule has 0 radical (unpaired) electrons. The molecule has 0 aromatic carbocycles. The van der Waals surface area contributed by atoms with Crippen LogP contribution >= 0.6 is 0 Å². The van der Waals surface area contributed by atoms with Crippen LogP contribution in [-0.4, -0.2) is 48.2 Å². The van der Waals surface area contributed by atoms with E-state index in [1.165, 1.54) is 0 Å². The Labute approximate surface area is 110 Å². The smallest absolute Gasteiger partial charge is 0.217 e. The van der Waals surface area contributed by atoms with Gasteiger partial charge in [-0.1, -0.05) is 0 Å². The van der Waals surface area contributed by atoms with Gasteiger partial charge in [0.25, 0.3) is 0 Å². The molecule has 104 valence electrons. The Morgan fingerprint density at radius 3 is 2.61 bits per heavy atom. The molecule has 1 spiro atoms. The lowest BCUT2D eigenvalue weighted by Crippen LogP contribution is -2.54. The zero-order valence-electron chi connectivity index (χ0n) is 11.9. The molecule has 2 aliphatic heterocycles. The Bertz CT molecular complexity index is 296. The van der Waals surface area contributed by atoms with Crippen molar-refractivity contribution < 1.29 is 9.53 Å². The molecular weight excluding hydrogens is 228 g/mol. The van der Waals surface area contributed by atoms with Gasteiger partial charge in [-0.05, 0) is 39.5 Å². The number of ether oxygens (including phenoxy) is 1. The summed E-state index contributed by atoms with van der Waals surface area (Å²) < 4.78 is 6.07. The molecule has 18 heavy (non-hydrogen) atoms. The van der Waals surface area contributed by atoms with Gasteiger partial charge in [0, 0.05) is 38.7 Å². The number of likely N-dealkylation sites (tertiary alicyclic amines) is 1. The van der Waals surface area contributed by atoms with Crippen molar-refractivity contribution >= 4 is 5.91 Å². The number of carbonyl (C=O) groups is 1. The van der Waals surface area contributed by atoms with Gasteiger partial charge in [0.15, 0.2) is 0 Å². The molecule has 0 saturated carbocycles. The van der Waals surface area contributed by atoms with Gasteiger partial charge in [-0.25, -0.2) is 0 Å². The third-order valence-corrected chi connectivity index (χ3v) is 4.34. The second-order valence-corrected chi connectivity index (χ2v) is 6.05. The van der Waals surface area contributed by atoms with Gasteiger partial charge >= 0.3 is 0 Å². The van der Waals surface area contributed by atoms with E-state index in [1.54, 1.807) is 6.92 Å². The van der Waals surface area contributed by atoms with Gasteiger partial charge < -0.3 is 15.0 Å². The topological polar surface area (TPSA) is 41.6 Å². The van der Waals surface area contributed by atoms with Crippen LogP contribution in [0, 0.1) is 0 Å². The maximum Gasteiger partial charge on any atom is 0.217 e. The normalized spacial score (nSPS) is 28.6. The molecule has 2 saturated heterocycles. The molecule has 2 aliphatic rings. The zero-order valence-corrected chi connectivity index (χ0v) is 11.9. The van der Waals surface area contributed by atoms with Crippen LogP contribution in [0.25, 0.3) is 0 Å². The highest BCUT2D eigenvalue weighted by Gasteiger charge is 2.40. The summed E-state index contributed by atoms with van der Waals surface area (Å²) in [6, 6.07) is 0.930. The molecule has 0 aromatic rings. The van der Waals surface area contributed by atoms with Crippen LogP contribution in [0.2, 0.25) is 0 Å². The average molecular weight is 254 g/mol. The first kappa shape index (κ1) is 13.8. The lowest BCUT2D eigenvalue weighted by molar-refractivity contribution is -0.131. The van der Waals surface area contributed by atoms with Gasteiger partial charge in [-0.3, -0.25) is 4.79 Å². The molecule has 1 amide bonds. The fraction of sp³-hybridized carbons (Fsp3) is 0.929. The first-order valence-corrected chi connectivity index (χ1v) is 7.16. The number of carbonyl (C=O) groups excluding carboxylic acids is 1. The lowest BCUT2D eigenvalue weighted by Gasteiger charge is -2.47. The summed E-state index contributed by atoms with van der Waals surface area (Å²) in [6.07, 6.45) is 4.14. The molecule has 4 heteroatoms. The van der Waals surface area contributed by atoms with E-state index >= 15 is 0 Å². The van der Waals surface area contributed by atoms with Crippen LogP contribution in [0.4, 0.5) is 0 Å². The molecule has 4 nitrogen and oxygen atoms in total. The van der Waals surface area contributed by atoms with E-state index in [0.717, 1.165) is 45.4 Å². The van der Waals surface area contributed by atoms with E-state index in [1.807, 2.05) is 0 Å². The van der Waals surface area contributed by atoms with Crippen molar-refractivity contribution in [1.29, 1.82) is 0 Å². The van der Waals surface area contributed by atoms with Crippen molar-refractivity contribution in [2.24, 2.45) is 0 Å². The highest BCUT2D eigenvalue weighted by atomic mass is 16.5. The number of amides is 1. The van der Waals surface area contributed by atoms with Gasteiger partial charge in [0.2, 0.25) is 5.91 Å². The van der Waals surface area contributed by atoms with Crippen LogP contribution in [0.15, 0.2) is 0 Å². The maximum absolute atomic E-state index is 11.2. The SMILES string of the molecule is CC(=O)NC1CCOC2(CCN(C(C)C)CC2)C1. The minimum atomic E-state index is 0.0246. The molecule has 0 aromatic heterocycles. The van der Waals surface area contributed by atoms with Crippen molar-refractivity contribution in [2.45, 2.75) is 64.1 Å². The second kappa shape index (κ2) is 5.57. The fourth-order valence-electron chi connectivity index (χ4n) is 3.23. The summed E-state index contributed by atoms with van der Waals surface area (Å²) in [7, 11) is 0. The van der Waals surface area contributed by atoms with Crippen LogP contribution in [0.1, 0.15) is 46.5 Å². The first-order chi connectivity index (χ1) is 8.51. The summed E-state index contributed by atoms with van der Waals surface area (Å²) >= 11 is 0. The summed E-state index contributed by atoms with van der Waals surface area (Å²) in [5.41, 5.74) is 0.0246. The van der Waals surface area contributed by atoms with Crippen molar-refractivity contribution in [3.05, 3.63) is 0 Å². The zero-order chi connectivity index (χ0) is 13.2. The van der Waals surface area contributed by atoms with Crippen molar-refractivity contribution in [3.63, 3.8) is 0 Å². The second-order valence-electron chi connectivity index (χ2n) is 6.05. The van der Waals surface area contributed by atoms with Crippen LogP contribution < -0.4 is 5.32 Å². The Morgan fingerprint density at radius 1 is 1.39 bits per heavy atom. The molecule has 0 bridgehead atoms. The third-order valence-electron chi connectivity index (χ3n) is 4.34. The van der Waals surface area contributed by atoms with Crippen molar-refractivity contribution in [3.8, 4) is 0 Å². The fourth-order valence-corrected chi connectivity index (χ4v) is 3.23. The minimum absolute atomic E-state index is 0.0246. The Kier molecular flexibility index (Phi) is 4.28. The van der Waals surface area contributed by atoms with Crippen LogP contribution in [0.5, 0.6) is 0 Å². The van der Waals surface area contributed by atoms with E-state index in [2.05, 4.69) is 24.1 Å². The maximum atomic E-state index is 11.2. The van der Waals surface area contributed by atoms with Crippen LogP contribution in [0.3, 0.4) is 0 Å². The van der Waals surface area contributed by atoms with Gasteiger partial charge in [-0.15, -0.1) is 0 Å². The average Bonchev–Trinajstić information content (AvgIpc) is 2.28. The molecule has 1 atom stereocenters. The number of rotatable bonds is 2. The molecule has 2 rings (SSSR count). The Hall–Kier alpha value is -0.610. The third kappa shape index (κ3) is 3.23. The molecule has 2 fully saturated rings. The van der Waals surface area contributed by atoms with Gasteiger partial charge in [0.1, 0.15) is 0 Å². The van der Waals surface area contributed by atoms with E-state index in [-0.39, 0.29) is 11.5 Å². The summed E-state index contributed by atoms with van der Waals surface area (Å²) in [4.78, 5) is 13.7. The predicted molar refractivity (Wildman–Crippen MR) is 71.5 cm³/mol.